The molecule has 2 unspecified atom stereocenters. The molecule has 1 saturated heterocycles. The summed E-state index contributed by atoms with van der Waals surface area (Å²) in [5, 5.41) is 3.47. The van der Waals surface area contributed by atoms with E-state index in [0.29, 0.717) is 5.91 Å². The lowest BCUT2D eigenvalue weighted by atomic mass is 10.2. The summed E-state index contributed by atoms with van der Waals surface area (Å²) in [4.78, 5) is 16.8. The second-order valence-electron chi connectivity index (χ2n) is 5.40. The molecule has 112 valence electrons. The largest absolute Gasteiger partial charge is 0.325 e. The highest BCUT2D eigenvalue weighted by Gasteiger charge is 2.36. The Morgan fingerprint density at radius 2 is 1.89 bits per heavy atom. The molecule has 4 heteroatoms. The van der Waals surface area contributed by atoms with E-state index in [0.717, 1.165) is 45.4 Å². The monoisotopic (exact) mass is 269 g/mol. The lowest BCUT2D eigenvalue weighted by Gasteiger charge is -2.27. The summed E-state index contributed by atoms with van der Waals surface area (Å²) < 4.78 is 0. The predicted octanol–water partition coefficient (Wildman–Crippen LogP) is 2.05. The minimum Gasteiger partial charge on any atom is -0.325 e. The molecule has 1 N–H and O–H groups in total. The molecule has 1 heterocycles. The fourth-order valence-electron chi connectivity index (χ4n) is 2.84. The molecule has 1 rings (SSSR count). The smallest absolute Gasteiger partial charge is 0.241 e. The fourth-order valence-corrected chi connectivity index (χ4v) is 2.84. The Hall–Kier alpha value is -0.610. The summed E-state index contributed by atoms with van der Waals surface area (Å²) >= 11 is 0. The Bertz CT molecular complexity index is 270. The maximum Gasteiger partial charge on any atom is 0.241 e. The van der Waals surface area contributed by atoms with Crippen LogP contribution in [-0.4, -0.2) is 54.1 Å². The summed E-state index contributed by atoms with van der Waals surface area (Å²) in [5.41, 5.74) is 0. The second kappa shape index (κ2) is 8.54. The van der Waals surface area contributed by atoms with Crippen molar-refractivity contribution in [3.05, 3.63) is 0 Å². The van der Waals surface area contributed by atoms with Crippen LogP contribution >= 0.6 is 0 Å². The first-order valence-corrected chi connectivity index (χ1v) is 7.96. The van der Waals surface area contributed by atoms with E-state index in [1.54, 1.807) is 0 Å². The van der Waals surface area contributed by atoms with Crippen LogP contribution in [-0.2, 0) is 4.79 Å². The highest BCUT2D eigenvalue weighted by Crippen LogP contribution is 2.16. The first-order valence-electron chi connectivity index (χ1n) is 7.96. The molecule has 0 radical (unpaired) electrons. The molecule has 0 aliphatic carbocycles. The number of nitrogens with one attached hydrogen (secondary N) is 1. The lowest BCUT2D eigenvalue weighted by molar-refractivity contribution is -0.130. The quantitative estimate of drug-likeness (QED) is 0.696. The number of hydrogen-bond acceptors (Lipinski definition) is 3. The number of rotatable bonds is 9. The van der Waals surface area contributed by atoms with Gasteiger partial charge in [0.2, 0.25) is 5.91 Å². The van der Waals surface area contributed by atoms with Gasteiger partial charge >= 0.3 is 0 Å². The maximum absolute atomic E-state index is 12.4. The molecule has 1 fully saturated rings. The third kappa shape index (κ3) is 4.46. The predicted molar refractivity (Wildman–Crippen MR) is 80.0 cm³/mol. The second-order valence-corrected chi connectivity index (χ2v) is 5.40. The normalized spacial score (nSPS) is 23.6. The Balaban J connectivity index is 2.52. The Morgan fingerprint density at radius 3 is 2.42 bits per heavy atom. The number of likely N-dealkylation sites (N-methyl/N-ethyl adjacent to an activating group) is 1. The molecule has 0 bridgehead atoms. The molecule has 1 aliphatic rings. The summed E-state index contributed by atoms with van der Waals surface area (Å²) in [6.45, 7) is 12.7. The van der Waals surface area contributed by atoms with E-state index in [1.165, 1.54) is 6.42 Å². The van der Waals surface area contributed by atoms with Crippen LogP contribution in [0.5, 0.6) is 0 Å². The zero-order valence-corrected chi connectivity index (χ0v) is 13.1. The molecule has 0 aromatic carbocycles. The van der Waals surface area contributed by atoms with Crippen LogP contribution in [0.2, 0.25) is 0 Å². The molecule has 2 atom stereocenters. The van der Waals surface area contributed by atoms with E-state index in [9.17, 15) is 4.79 Å². The van der Waals surface area contributed by atoms with Crippen molar-refractivity contribution in [2.45, 2.75) is 65.6 Å². The van der Waals surface area contributed by atoms with Gasteiger partial charge in [-0.2, -0.15) is 0 Å². The van der Waals surface area contributed by atoms with E-state index in [4.69, 9.17) is 0 Å². The van der Waals surface area contributed by atoms with Crippen LogP contribution in [0.15, 0.2) is 0 Å². The first kappa shape index (κ1) is 16.4. The molecule has 0 saturated carbocycles. The molecular formula is C15H31N3O. The van der Waals surface area contributed by atoms with E-state index < -0.39 is 0 Å². The van der Waals surface area contributed by atoms with Crippen molar-refractivity contribution >= 4 is 5.91 Å². The van der Waals surface area contributed by atoms with Crippen LogP contribution in [0.3, 0.4) is 0 Å². The van der Waals surface area contributed by atoms with Crippen molar-refractivity contribution in [2.24, 2.45) is 0 Å². The van der Waals surface area contributed by atoms with Crippen LogP contribution in [0.25, 0.3) is 0 Å². The third-order valence-corrected chi connectivity index (χ3v) is 3.96. The van der Waals surface area contributed by atoms with Crippen molar-refractivity contribution in [2.75, 3.05) is 26.2 Å². The van der Waals surface area contributed by atoms with Gasteiger partial charge in [-0.15, -0.1) is 0 Å². The van der Waals surface area contributed by atoms with E-state index in [1.807, 2.05) is 0 Å². The number of carbonyl (C=O) groups is 1. The summed E-state index contributed by atoms with van der Waals surface area (Å²) in [6.07, 6.45) is 4.43. The van der Waals surface area contributed by atoms with Crippen LogP contribution < -0.4 is 5.32 Å². The molecule has 19 heavy (non-hydrogen) atoms. The summed E-state index contributed by atoms with van der Waals surface area (Å²) in [6, 6.07) is 0.0520. The highest BCUT2D eigenvalue weighted by atomic mass is 16.2. The van der Waals surface area contributed by atoms with Crippen molar-refractivity contribution in [1.82, 2.24) is 15.1 Å². The maximum atomic E-state index is 12.4. The van der Waals surface area contributed by atoms with Gasteiger partial charge in [-0.05, 0) is 32.4 Å². The summed E-state index contributed by atoms with van der Waals surface area (Å²) in [5.74, 6) is 0.307. The molecule has 1 aliphatic heterocycles. The van der Waals surface area contributed by atoms with E-state index >= 15 is 0 Å². The van der Waals surface area contributed by atoms with Gasteiger partial charge in [0.15, 0.2) is 0 Å². The zero-order chi connectivity index (χ0) is 14.3. The molecule has 4 nitrogen and oxygen atoms in total. The number of nitrogens with zero attached hydrogens (tertiary/aromatic N) is 2. The third-order valence-electron chi connectivity index (χ3n) is 3.96. The molecule has 1 amide bonds. The summed E-state index contributed by atoms with van der Waals surface area (Å²) in [7, 11) is 0. The first-order chi connectivity index (χ1) is 9.17. The van der Waals surface area contributed by atoms with Gasteiger partial charge in [-0.25, -0.2) is 0 Å². The van der Waals surface area contributed by atoms with E-state index in [2.05, 4.69) is 42.8 Å². The molecular weight excluding hydrogens is 238 g/mol. The standard InChI is InChI=1S/C15H31N3O/c1-5-9-13-15(19)18(14(7-3)16-13)12-11-17(8-4)10-6-2/h13-14,16H,5-12H2,1-4H3. The average molecular weight is 269 g/mol. The average Bonchev–Trinajstić information content (AvgIpc) is 2.72. The number of carbonyl (C=O) groups excluding carboxylic acids is 1. The van der Waals surface area contributed by atoms with Crippen LogP contribution in [0.1, 0.15) is 53.4 Å². The van der Waals surface area contributed by atoms with E-state index in [-0.39, 0.29) is 12.2 Å². The van der Waals surface area contributed by atoms with Crippen molar-refractivity contribution in [1.29, 1.82) is 0 Å². The zero-order valence-electron chi connectivity index (χ0n) is 13.1. The molecule has 0 spiro atoms. The minimum absolute atomic E-state index is 0.0520. The van der Waals surface area contributed by atoms with Gasteiger partial charge in [0.05, 0.1) is 12.2 Å². The van der Waals surface area contributed by atoms with Crippen molar-refractivity contribution < 1.29 is 4.79 Å². The van der Waals surface area contributed by atoms with Crippen molar-refractivity contribution in [3.63, 3.8) is 0 Å². The highest BCUT2D eigenvalue weighted by molar-refractivity contribution is 5.84. The number of amides is 1. The Morgan fingerprint density at radius 1 is 1.16 bits per heavy atom. The van der Waals surface area contributed by atoms with Gasteiger partial charge in [0.25, 0.3) is 0 Å². The van der Waals surface area contributed by atoms with Crippen LogP contribution in [0, 0.1) is 0 Å². The minimum atomic E-state index is 0.0520. The van der Waals surface area contributed by atoms with Gasteiger partial charge in [-0.3, -0.25) is 10.1 Å². The van der Waals surface area contributed by atoms with Gasteiger partial charge in [-0.1, -0.05) is 34.1 Å². The fraction of sp³-hybridized carbons (Fsp3) is 0.933. The van der Waals surface area contributed by atoms with Crippen LogP contribution in [0.4, 0.5) is 0 Å². The van der Waals surface area contributed by atoms with Gasteiger partial charge < -0.3 is 9.80 Å². The topological polar surface area (TPSA) is 35.6 Å². The van der Waals surface area contributed by atoms with Gasteiger partial charge in [0, 0.05) is 13.1 Å². The Kier molecular flexibility index (Phi) is 7.39. The lowest BCUT2D eigenvalue weighted by Crippen LogP contribution is -2.42. The van der Waals surface area contributed by atoms with Crippen molar-refractivity contribution in [3.8, 4) is 0 Å². The molecule has 0 aromatic heterocycles. The van der Waals surface area contributed by atoms with Gasteiger partial charge in [0.1, 0.15) is 0 Å². The molecule has 0 aromatic rings. The number of hydrogen-bond donors (Lipinski definition) is 1. The SMILES string of the molecule is CCCC1NC(CC)N(CCN(CC)CCC)C1=O. The Labute approximate surface area is 118 Å².